The van der Waals surface area contributed by atoms with Gasteiger partial charge in [-0.05, 0) is 41.8 Å². The number of para-hydroxylation sites is 1. The van der Waals surface area contributed by atoms with Crippen LogP contribution in [0.25, 0.3) is 28.0 Å². The monoisotopic (exact) mass is 531 g/mol. The summed E-state index contributed by atoms with van der Waals surface area (Å²) in [4.78, 5) is 29.4. The predicted molar refractivity (Wildman–Crippen MR) is 138 cm³/mol. The zero-order valence-corrected chi connectivity index (χ0v) is 21.0. The Labute approximate surface area is 221 Å². The van der Waals surface area contributed by atoms with Crippen LogP contribution in [0.3, 0.4) is 0 Å². The van der Waals surface area contributed by atoms with Crippen molar-refractivity contribution in [3.05, 3.63) is 83.5 Å². The molecule has 0 radical (unpaired) electrons. The molecule has 3 aromatic heterocycles. The van der Waals surface area contributed by atoms with Gasteiger partial charge in [0.1, 0.15) is 11.2 Å². The highest BCUT2D eigenvalue weighted by Crippen LogP contribution is 2.40. The van der Waals surface area contributed by atoms with Crippen LogP contribution in [0.1, 0.15) is 29.0 Å². The van der Waals surface area contributed by atoms with Crippen LogP contribution >= 0.6 is 11.6 Å². The van der Waals surface area contributed by atoms with E-state index in [4.69, 9.17) is 25.3 Å². The zero-order chi connectivity index (χ0) is 26.3. The van der Waals surface area contributed by atoms with Gasteiger partial charge >= 0.3 is 0 Å². The molecule has 1 aliphatic rings. The molecule has 10 nitrogen and oxygen atoms in total. The van der Waals surface area contributed by atoms with E-state index in [1.54, 1.807) is 6.20 Å². The van der Waals surface area contributed by atoms with Crippen LogP contribution in [0, 0.1) is 0 Å². The number of nitrogens with one attached hydrogen (secondary N) is 2. The lowest BCUT2D eigenvalue weighted by Gasteiger charge is -2.16. The van der Waals surface area contributed by atoms with E-state index in [-0.39, 0.29) is 17.5 Å². The first-order valence-corrected chi connectivity index (χ1v) is 12.3. The lowest BCUT2D eigenvalue weighted by molar-refractivity contribution is -0.124. The number of fused-ring (bicyclic) bond motifs is 1. The van der Waals surface area contributed by atoms with E-state index >= 15 is 0 Å². The molecule has 0 aliphatic heterocycles. The second kappa shape index (κ2) is 9.38. The van der Waals surface area contributed by atoms with Crippen molar-refractivity contribution in [3.8, 4) is 23.0 Å². The molecule has 0 unspecified atom stereocenters. The van der Waals surface area contributed by atoms with Gasteiger partial charge in [0.15, 0.2) is 12.2 Å². The molecule has 3 heterocycles. The van der Waals surface area contributed by atoms with Crippen molar-refractivity contribution < 1.29 is 23.3 Å². The number of nitrogens with zero attached hydrogens (tertiary/aromatic N) is 3. The van der Waals surface area contributed by atoms with Gasteiger partial charge in [-0.3, -0.25) is 9.59 Å². The third-order valence-corrected chi connectivity index (χ3v) is 6.97. The number of amides is 2. The third kappa shape index (κ3) is 4.18. The molecule has 5 aromatic rings. The Hall–Kier alpha value is -4.57. The van der Waals surface area contributed by atoms with Crippen molar-refractivity contribution >= 4 is 34.3 Å². The van der Waals surface area contributed by atoms with E-state index in [1.165, 1.54) is 19.6 Å². The molecular formula is C27H22ClN5O5. The van der Waals surface area contributed by atoms with Crippen molar-refractivity contribution in [2.45, 2.75) is 24.9 Å². The van der Waals surface area contributed by atoms with Crippen LogP contribution in [0.5, 0.6) is 5.88 Å². The molecule has 1 saturated carbocycles. The Bertz CT molecular complexity index is 1630. The van der Waals surface area contributed by atoms with Crippen LogP contribution in [-0.4, -0.2) is 39.2 Å². The second-order valence-corrected chi connectivity index (χ2v) is 9.38. The fourth-order valence-electron chi connectivity index (χ4n) is 4.41. The minimum atomic E-state index is -0.955. The molecule has 1 fully saturated rings. The highest BCUT2D eigenvalue weighted by atomic mass is 35.5. The maximum atomic E-state index is 12.9. The van der Waals surface area contributed by atoms with Gasteiger partial charge in [0.2, 0.25) is 11.7 Å². The summed E-state index contributed by atoms with van der Waals surface area (Å²) in [6.07, 6.45) is 4.09. The zero-order valence-electron chi connectivity index (χ0n) is 20.2. The SMILES string of the molecule is COc1cc(C(=O)NC2(C(=O)NCc3ccc(-n4c(-c5cnco5)c(Cl)c5ccccc54)cc3)CC2)on1. The Morgan fingerprint density at radius 1 is 1.16 bits per heavy atom. The minimum absolute atomic E-state index is 0.0150. The Kier molecular flexibility index (Phi) is 5.88. The molecule has 2 amide bonds. The summed E-state index contributed by atoms with van der Waals surface area (Å²) in [5.41, 5.74) is 2.46. The topological polar surface area (TPSA) is 124 Å². The Morgan fingerprint density at radius 2 is 1.95 bits per heavy atom. The van der Waals surface area contributed by atoms with Gasteiger partial charge in [-0.25, -0.2) is 4.98 Å². The fraction of sp³-hybridized carbons (Fsp3) is 0.185. The average Bonchev–Trinajstić information content (AvgIpc) is 3.30. The van der Waals surface area contributed by atoms with E-state index < -0.39 is 11.4 Å². The molecule has 11 heteroatoms. The molecule has 6 rings (SSSR count). The van der Waals surface area contributed by atoms with Crippen molar-refractivity contribution in [3.63, 3.8) is 0 Å². The number of hydrogen-bond acceptors (Lipinski definition) is 7. The summed E-state index contributed by atoms with van der Waals surface area (Å²) in [6, 6.07) is 17.0. The molecule has 0 bridgehead atoms. The molecule has 0 spiro atoms. The first kappa shape index (κ1) is 23.8. The standard InChI is InChI=1S/C27H22ClN5O5/c1-36-22-12-20(38-32-22)25(34)31-27(10-11-27)26(35)30-13-16-6-8-17(9-7-16)33-19-5-3-2-4-18(19)23(28)24(33)21-14-29-15-37-21/h2-9,12,14-15H,10-11,13H2,1H3,(H,30,35)(H,31,34). The fourth-order valence-corrected chi connectivity index (χ4v) is 4.75. The molecule has 2 N–H and O–H groups in total. The van der Waals surface area contributed by atoms with E-state index in [1.807, 2.05) is 53.1 Å². The predicted octanol–water partition coefficient (Wildman–Crippen LogP) is 4.51. The van der Waals surface area contributed by atoms with Crippen LogP contribution in [0.2, 0.25) is 5.02 Å². The number of rotatable bonds is 8. The van der Waals surface area contributed by atoms with E-state index in [2.05, 4.69) is 20.8 Å². The highest BCUT2D eigenvalue weighted by Gasteiger charge is 2.51. The number of ether oxygens (including phenoxy) is 1. The number of methoxy groups -OCH3 is 1. The largest absolute Gasteiger partial charge is 0.479 e. The lowest BCUT2D eigenvalue weighted by Crippen LogP contribution is -2.48. The second-order valence-electron chi connectivity index (χ2n) is 9.00. The van der Waals surface area contributed by atoms with Crippen molar-refractivity contribution in [2.24, 2.45) is 0 Å². The molecule has 38 heavy (non-hydrogen) atoms. The van der Waals surface area contributed by atoms with Crippen LogP contribution < -0.4 is 15.4 Å². The third-order valence-electron chi connectivity index (χ3n) is 6.59. The van der Waals surface area contributed by atoms with Gasteiger partial charge in [-0.1, -0.05) is 41.9 Å². The highest BCUT2D eigenvalue weighted by molar-refractivity contribution is 6.38. The Morgan fingerprint density at radius 3 is 2.63 bits per heavy atom. The number of halogens is 1. The molecule has 1 aliphatic carbocycles. The summed E-state index contributed by atoms with van der Waals surface area (Å²) in [7, 11) is 1.42. The van der Waals surface area contributed by atoms with Crippen molar-refractivity contribution in [2.75, 3.05) is 7.11 Å². The van der Waals surface area contributed by atoms with Crippen molar-refractivity contribution in [1.82, 2.24) is 25.3 Å². The summed E-state index contributed by atoms with van der Waals surface area (Å²) >= 11 is 6.75. The number of hydrogen-bond donors (Lipinski definition) is 2. The minimum Gasteiger partial charge on any atom is -0.479 e. The summed E-state index contributed by atoms with van der Waals surface area (Å²) < 4.78 is 17.5. The molecule has 0 atom stereocenters. The van der Waals surface area contributed by atoms with E-state index in [9.17, 15) is 9.59 Å². The molecular weight excluding hydrogens is 510 g/mol. The van der Waals surface area contributed by atoms with Crippen LogP contribution in [0.4, 0.5) is 0 Å². The number of oxazole rings is 1. The van der Waals surface area contributed by atoms with E-state index in [0.717, 1.165) is 22.2 Å². The first-order chi connectivity index (χ1) is 18.5. The summed E-state index contributed by atoms with van der Waals surface area (Å²) in [5.74, 6) is -0.0341. The van der Waals surface area contributed by atoms with Gasteiger partial charge < -0.3 is 28.9 Å². The quantitative estimate of drug-likeness (QED) is 0.302. The van der Waals surface area contributed by atoms with Gasteiger partial charge in [-0.15, -0.1) is 0 Å². The first-order valence-electron chi connectivity index (χ1n) is 11.9. The molecule has 2 aromatic carbocycles. The summed E-state index contributed by atoms with van der Waals surface area (Å²) in [5, 5.41) is 10.8. The maximum absolute atomic E-state index is 12.9. The molecule has 192 valence electrons. The van der Waals surface area contributed by atoms with Gasteiger partial charge in [0.05, 0.1) is 29.9 Å². The van der Waals surface area contributed by atoms with Crippen LogP contribution in [0.15, 0.2) is 76.1 Å². The molecule has 0 saturated heterocycles. The Balaban J connectivity index is 1.18. The smallest absolute Gasteiger partial charge is 0.290 e. The van der Waals surface area contributed by atoms with Gasteiger partial charge in [0, 0.05) is 17.6 Å². The van der Waals surface area contributed by atoms with Gasteiger partial charge in [-0.2, -0.15) is 0 Å². The number of aromatic nitrogens is 3. The maximum Gasteiger partial charge on any atom is 0.290 e. The van der Waals surface area contributed by atoms with Gasteiger partial charge in [0.25, 0.3) is 11.8 Å². The number of benzene rings is 2. The lowest BCUT2D eigenvalue weighted by atomic mass is 10.1. The number of carbonyl (C=O) groups is 2. The number of carbonyl (C=O) groups excluding carboxylic acids is 2. The van der Waals surface area contributed by atoms with Crippen LogP contribution in [-0.2, 0) is 11.3 Å². The van der Waals surface area contributed by atoms with E-state index in [0.29, 0.717) is 35.9 Å². The normalized spacial score (nSPS) is 13.8. The summed E-state index contributed by atoms with van der Waals surface area (Å²) in [6.45, 7) is 0.301. The average molecular weight is 532 g/mol. The van der Waals surface area contributed by atoms with Crippen molar-refractivity contribution in [1.29, 1.82) is 0 Å².